The summed E-state index contributed by atoms with van der Waals surface area (Å²) in [5.41, 5.74) is 13.1. The van der Waals surface area contributed by atoms with E-state index in [2.05, 4.69) is 149 Å². The van der Waals surface area contributed by atoms with Crippen LogP contribution in [0.3, 0.4) is 0 Å². The van der Waals surface area contributed by atoms with Gasteiger partial charge >= 0.3 is 12.4 Å². The molecule has 0 saturated heterocycles. The second-order valence-corrected chi connectivity index (χ2v) is 20.7. The van der Waals surface area contributed by atoms with Gasteiger partial charge in [-0.25, -0.2) is 4.39 Å². The lowest BCUT2D eigenvalue weighted by atomic mass is 10.0. The third kappa shape index (κ3) is 17.9. The first kappa shape index (κ1) is 68.3. The molecule has 76 heavy (non-hydrogen) atoms. The van der Waals surface area contributed by atoms with Gasteiger partial charge in [-0.3, -0.25) is 0 Å². The van der Waals surface area contributed by atoms with Crippen LogP contribution < -0.4 is 0 Å². The highest BCUT2D eigenvalue weighted by atomic mass is 19.4. The van der Waals surface area contributed by atoms with Crippen molar-refractivity contribution >= 4 is 0 Å². The van der Waals surface area contributed by atoms with E-state index in [9.17, 15) is 43.9 Å². The number of hydrogen-bond acceptors (Lipinski definition) is 0. The van der Waals surface area contributed by atoms with E-state index in [-0.39, 0.29) is 17.3 Å². The van der Waals surface area contributed by atoms with Gasteiger partial charge in [-0.05, 0) is 145 Å². The number of halogens is 10. The largest absolute Gasteiger partial charge is 0.418 e. The van der Waals surface area contributed by atoms with Gasteiger partial charge in [0.05, 0.1) is 16.8 Å². The van der Waals surface area contributed by atoms with Crippen LogP contribution in [0.5, 0.6) is 0 Å². The van der Waals surface area contributed by atoms with E-state index < -0.39 is 41.2 Å². The zero-order chi connectivity index (χ0) is 59.6. The Hall–Kier alpha value is -5.74. The zero-order valence-corrected chi connectivity index (χ0v) is 49.8. The zero-order valence-electron chi connectivity index (χ0n) is 49.8. The van der Waals surface area contributed by atoms with E-state index in [1.54, 1.807) is 31.7 Å². The summed E-state index contributed by atoms with van der Waals surface area (Å²) < 4.78 is 135. The fourth-order valence-electron chi connectivity index (χ4n) is 8.16. The van der Waals surface area contributed by atoms with Crippen LogP contribution in [0.15, 0.2) is 48.7 Å². The molecule has 0 unspecified atom stereocenters. The Morgan fingerprint density at radius 1 is 0.329 bits per heavy atom. The summed E-state index contributed by atoms with van der Waals surface area (Å²) in [6, 6.07) is 10.9. The normalized spacial score (nSPS) is 11.3. The fourth-order valence-corrected chi connectivity index (χ4v) is 8.16. The van der Waals surface area contributed by atoms with Gasteiger partial charge in [0.2, 0.25) is 0 Å². The number of hydrogen-bond donors (Lipinski definition) is 0. The first-order chi connectivity index (χ1) is 34.5. The van der Waals surface area contributed by atoms with Gasteiger partial charge in [-0.2, -0.15) is 39.5 Å². The molecule has 0 aliphatic carbocycles. The maximum atomic E-state index is 12.9. The van der Waals surface area contributed by atoms with Crippen molar-refractivity contribution in [3.63, 3.8) is 0 Å². The van der Waals surface area contributed by atoms with Gasteiger partial charge in [0, 0.05) is 119 Å². The number of alkyl halides is 6. The van der Waals surface area contributed by atoms with Crippen LogP contribution >= 0.6 is 0 Å². The summed E-state index contributed by atoms with van der Waals surface area (Å²) in [6.45, 7) is 36.2. The molecule has 0 atom stereocenters. The third-order valence-electron chi connectivity index (χ3n) is 14.3. The Morgan fingerprint density at radius 2 is 0.618 bits per heavy atom. The van der Waals surface area contributed by atoms with Crippen molar-refractivity contribution in [2.24, 2.45) is 49.3 Å². The summed E-state index contributed by atoms with van der Waals surface area (Å²) in [5, 5.41) is 0. The van der Waals surface area contributed by atoms with E-state index in [1.165, 1.54) is 84.6 Å². The van der Waals surface area contributed by atoms with E-state index in [0.29, 0.717) is 41.1 Å². The van der Waals surface area contributed by atoms with Crippen LogP contribution in [0.4, 0.5) is 43.9 Å². The van der Waals surface area contributed by atoms with E-state index in [1.807, 2.05) is 6.92 Å². The summed E-state index contributed by atoms with van der Waals surface area (Å²) in [5.74, 6) is 0.308. The van der Waals surface area contributed by atoms with Crippen molar-refractivity contribution in [2.75, 3.05) is 0 Å². The van der Waals surface area contributed by atoms with Gasteiger partial charge < -0.3 is 32.0 Å². The lowest BCUT2D eigenvalue weighted by molar-refractivity contribution is -0.138. The molecular formula is C59H87F10N7. The minimum Gasteiger partial charge on any atom is -0.354 e. The predicted octanol–water partition coefficient (Wildman–Crippen LogP) is 17.3. The molecule has 0 amide bonds. The summed E-state index contributed by atoms with van der Waals surface area (Å²) >= 11 is 0. The predicted molar refractivity (Wildman–Crippen MR) is 291 cm³/mol. The molecule has 7 aromatic rings. The average molecular weight is 1080 g/mol. The van der Waals surface area contributed by atoms with Crippen molar-refractivity contribution in [3.8, 4) is 0 Å². The van der Waals surface area contributed by atoms with Gasteiger partial charge in [0.1, 0.15) is 5.82 Å². The van der Waals surface area contributed by atoms with Crippen molar-refractivity contribution in [3.05, 3.63) is 163 Å². The monoisotopic (exact) mass is 1080 g/mol. The van der Waals surface area contributed by atoms with E-state index >= 15 is 0 Å². The Bertz CT molecular complexity index is 2710. The Labute approximate surface area is 447 Å². The molecule has 0 fully saturated rings. The molecule has 0 saturated carbocycles. The minimum absolute atomic E-state index is 0.111. The molecule has 0 aromatic carbocycles. The molecule has 17 heteroatoms. The van der Waals surface area contributed by atoms with Crippen LogP contribution in [-0.2, 0) is 61.7 Å². The second-order valence-electron chi connectivity index (χ2n) is 20.7. The van der Waals surface area contributed by atoms with Gasteiger partial charge in [0.25, 0.3) is 0 Å². The standard InChI is InChI=1S/2C10H17N.C9H14FN.C9H15N.C8H10F3N.C7H7F4N.C6H7F2N/c2*1-7(2)10-6-8(3)11(5)9(10)4;1-6(2)8-5-9(10)11(4)7(8)3;1-7(2)9-5-6-10(4)8(9)3;1-5-4-7(8(9,10)11)6(2)12(5)3;1-4-5(7(9,10)11)3-6(8)12(4)2;1-4-5(7)3-6(8)9(4)2/h2*6-7H,1-5H3;5-6H,1-4H3;5-7H,1-4H3;4H,1-3H3;3H,1-2H3;3H,1-2H3. The van der Waals surface area contributed by atoms with Crippen LogP contribution in [0.2, 0.25) is 0 Å². The molecule has 428 valence electrons. The van der Waals surface area contributed by atoms with Crippen LogP contribution in [0, 0.1) is 92.9 Å². The number of rotatable bonds is 4. The lowest BCUT2D eigenvalue weighted by Gasteiger charge is -2.05. The topological polar surface area (TPSA) is 34.5 Å². The average Bonchev–Trinajstić information content (AvgIpc) is 4.14. The maximum Gasteiger partial charge on any atom is 0.418 e. The molecular weight excluding hydrogens is 997 g/mol. The molecule has 0 spiro atoms. The smallest absolute Gasteiger partial charge is 0.354 e. The quantitative estimate of drug-likeness (QED) is 0.158. The highest BCUT2D eigenvalue weighted by molar-refractivity contribution is 5.31. The van der Waals surface area contributed by atoms with Crippen LogP contribution in [0.1, 0.15) is 169 Å². The SMILES string of the molecule is Cc1c(C(C)C)cc(F)n1C.Cc1c(C(C)C)ccn1C.Cc1c(C(F)(F)F)cc(F)n1C.Cc1c(F)cc(F)n1C.Cc1cc(C(C)C)c(C)n1C.Cc1cc(C(C)C)c(C)n1C.Cc1cc(C(F)(F)F)c(C)n1C. The van der Waals surface area contributed by atoms with Crippen molar-refractivity contribution < 1.29 is 43.9 Å². The van der Waals surface area contributed by atoms with Crippen molar-refractivity contribution in [2.45, 2.75) is 161 Å². The Morgan fingerprint density at radius 3 is 0.763 bits per heavy atom. The number of aryl methyl sites for hydroxylation is 4. The lowest BCUT2D eigenvalue weighted by Crippen LogP contribution is -2.06. The third-order valence-corrected chi connectivity index (χ3v) is 14.3. The number of nitrogens with zero attached hydrogens (tertiary/aromatic N) is 7. The Balaban J connectivity index is 0.000000444. The molecule has 0 N–H and O–H groups in total. The molecule has 0 aliphatic rings. The first-order valence-electron chi connectivity index (χ1n) is 25.3. The fraction of sp³-hybridized carbons (Fsp3) is 0.525. The summed E-state index contributed by atoms with van der Waals surface area (Å²) in [7, 11) is 12.4. The Kier molecular flexibility index (Phi) is 25.2. The highest BCUT2D eigenvalue weighted by Gasteiger charge is 2.35. The van der Waals surface area contributed by atoms with Gasteiger partial charge in [-0.15, -0.1) is 0 Å². The molecule has 0 radical (unpaired) electrons. The summed E-state index contributed by atoms with van der Waals surface area (Å²) in [6.07, 6.45) is -6.58. The van der Waals surface area contributed by atoms with Crippen LogP contribution in [0.25, 0.3) is 0 Å². The molecule has 7 nitrogen and oxygen atoms in total. The van der Waals surface area contributed by atoms with Gasteiger partial charge in [0.15, 0.2) is 17.8 Å². The van der Waals surface area contributed by atoms with E-state index in [0.717, 1.165) is 32.5 Å². The van der Waals surface area contributed by atoms with Crippen molar-refractivity contribution in [1.29, 1.82) is 0 Å². The minimum atomic E-state index is -4.47. The molecule has 0 bridgehead atoms. The van der Waals surface area contributed by atoms with E-state index in [4.69, 9.17) is 0 Å². The summed E-state index contributed by atoms with van der Waals surface area (Å²) in [4.78, 5) is 0. The van der Waals surface area contributed by atoms with Crippen molar-refractivity contribution in [1.82, 2.24) is 32.0 Å². The first-order valence-corrected chi connectivity index (χ1v) is 25.3. The highest BCUT2D eigenvalue weighted by Crippen LogP contribution is 2.34. The molecule has 0 aliphatic heterocycles. The second kappa shape index (κ2) is 28.1. The number of aromatic nitrogens is 7. The van der Waals surface area contributed by atoms with Crippen LogP contribution in [-0.4, -0.2) is 32.0 Å². The molecule has 7 aromatic heterocycles. The van der Waals surface area contributed by atoms with Gasteiger partial charge in [-0.1, -0.05) is 55.4 Å². The molecule has 7 rings (SSSR count). The maximum absolute atomic E-state index is 12.9. The molecule has 7 heterocycles.